The molecule has 0 bridgehead atoms. The highest BCUT2D eigenvalue weighted by Crippen LogP contribution is 2.28. The van der Waals surface area contributed by atoms with E-state index < -0.39 is 0 Å². The minimum absolute atomic E-state index is 0.320. The zero-order valence-electron chi connectivity index (χ0n) is 15.6. The molecule has 0 aliphatic heterocycles. The lowest BCUT2D eigenvalue weighted by molar-refractivity contribution is 0.102. The minimum atomic E-state index is -0.347. The fourth-order valence-electron chi connectivity index (χ4n) is 2.70. The van der Waals surface area contributed by atoms with Gasteiger partial charge in [-0.15, -0.1) is 0 Å². The van der Waals surface area contributed by atoms with Crippen molar-refractivity contribution >= 4 is 34.6 Å². The summed E-state index contributed by atoms with van der Waals surface area (Å²) in [6, 6.07) is 12.8. The average Bonchev–Trinajstić information content (AvgIpc) is 2.66. The molecule has 0 spiro atoms. The Morgan fingerprint density at radius 2 is 1.75 bits per heavy atom. The molecule has 3 aromatic rings. The molecule has 2 N–H and O–H groups in total. The number of nitrogens with zero attached hydrogens (tertiary/aromatic N) is 1. The van der Waals surface area contributed by atoms with E-state index in [1.807, 2.05) is 0 Å². The number of aromatic nitrogens is 1. The molecule has 1 aromatic heterocycles. The number of hydrogen-bond donors (Lipinski definition) is 2. The number of amides is 1. The van der Waals surface area contributed by atoms with Gasteiger partial charge in [0, 0.05) is 16.8 Å². The maximum absolute atomic E-state index is 13.4. The molecule has 7 heteroatoms. The molecule has 144 valence electrons. The van der Waals surface area contributed by atoms with Crippen molar-refractivity contribution in [2.45, 2.75) is 13.8 Å². The van der Waals surface area contributed by atoms with Crippen LogP contribution in [0.5, 0.6) is 5.88 Å². The van der Waals surface area contributed by atoms with Crippen molar-refractivity contribution in [2.75, 3.05) is 17.7 Å². The smallest absolute Gasteiger partial charge is 0.257 e. The van der Waals surface area contributed by atoms with Gasteiger partial charge in [0.05, 0.1) is 29.7 Å². The molecule has 0 unspecified atom stereocenters. The third-order valence-corrected chi connectivity index (χ3v) is 4.44. The van der Waals surface area contributed by atoms with Crippen LogP contribution in [0.25, 0.3) is 0 Å². The summed E-state index contributed by atoms with van der Waals surface area (Å²) in [4.78, 5) is 17.1. The van der Waals surface area contributed by atoms with Crippen LogP contribution in [0.2, 0.25) is 5.02 Å². The van der Waals surface area contributed by atoms with E-state index in [9.17, 15) is 9.18 Å². The van der Waals surface area contributed by atoms with Crippen molar-refractivity contribution in [3.05, 3.63) is 76.2 Å². The summed E-state index contributed by atoms with van der Waals surface area (Å²) in [7, 11) is 1.53. The second-order valence-corrected chi connectivity index (χ2v) is 6.65. The monoisotopic (exact) mass is 399 g/mol. The summed E-state index contributed by atoms with van der Waals surface area (Å²) in [5.74, 6) is -0.202. The van der Waals surface area contributed by atoms with Crippen molar-refractivity contribution in [3.8, 4) is 5.88 Å². The van der Waals surface area contributed by atoms with Gasteiger partial charge in [-0.25, -0.2) is 9.37 Å². The molecule has 0 saturated heterocycles. The summed E-state index contributed by atoms with van der Waals surface area (Å²) >= 11 is 6.10. The zero-order valence-corrected chi connectivity index (χ0v) is 16.4. The molecule has 0 saturated carbocycles. The molecule has 0 aliphatic carbocycles. The van der Waals surface area contributed by atoms with Crippen LogP contribution in [-0.4, -0.2) is 18.0 Å². The van der Waals surface area contributed by atoms with E-state index in [0.29, 0.717) is 39.2 Å². The van der Waals surface area contributed by atoms with Crippen molar-refractivity contribution < 1.29 is 13.9 Å². The van der Waals surface area contributed by atoms with Crippen molar-refractivity contribution in [2.24, 2.45) is 0 Å². The highest BCUT2D eigenvalue weighted by atomic mass is 35.5. The first-order valence-electron chi connectivity index (χ1n) is 8.53. The van der Waals surface area contributed by atoms with Gasteiger partial charge < -0.3 is 15.4 Å². The second kappa shape index (κ2) is 8.27. The number of aryl methyl sites for hydroxylation is 2. The Bertz CT molecular complexity index is 1040. The lowest BCUT2D eigenvalue weighted by atomic mass is 10.1. The number of pyridine rings is 1. The summed E-state index contributed by atoms with van der Waals surface area (Å²) in [5, 5.41) is 6.44. The lowest BCUT2D eigenvalue weighted by Gasteiger charge is -2.15. The number of anilines is 3. The molecule has 0 fully saturated rings. The molecule has 0 aliphatic rings. The number of carbonyl (C=O) groups is 1. The first kappa shape index (κ1) is 19.6. The standard InChI is InChI=1S/C21H19ClFN3O2/c1-12-10-15(23)5-7-17(12)25-19-6-4-14(22)11-16(19)21(27)26-18-8-9-20(28-3)24-13(18)2/h4-11,25H,1-3H3,(H,26,27). The summed E-state index contributed by atoms with van der Waals surface area (Å²) in [5.41, 5.74) is 3.51. The van der Waals surface area contributed by atoms with Crippen molar-refractivity contribution in [3.63, 3.8) is 0 Å². The molecule has 3 rings (SSSR count). The Morgan fingerprint density at radius 3 is 2.43 bits per heavy atom. The molecular weight excluding hydrogens is 381 g/mol. The molecular formula is C21H19ClFN3O2. The number of halogens is 2. The molecule has 2 aromatic carbocycles. The third kappa shape index (κ3) is 4.40. The first-order chi connectivity index (χ1) is 13.4. The van der Waals surface area contributed by atoms with E-state index in [1.165, 1.54) is 19.2 Å². The minimum Gasteiger partial charge on any atom is -0.481 e. The number of rotatable bonds is 5. The Labute approximate surface area is 167 Å². The van der Waals surface area contributed by atoms with Gasteiger partial charge in [0.25, 0.3) is 5.91 Å². The number of methoxy groups -OCH3 is 1. The highest BCUT2D eigenvalue weighted by molar-refractivity contribution is 6.31. The van der Waals surface area contributed by atoms with E-state index in [1.54, 1.807) is 50.2 Å². The van der Waals surface area contributed by atoms with Gasteiger partial charge in [-0.05, 0) is 61.9 Å². The first-order valence-corrected chi connectivity index (χ1v) is 8.91. The number of carbonyl (C=O) groups excluding carboxylic acids is 1. The molecule has 0 atom stereocenters. The van der Waals surface area contributed by atoms with Gasteiger partial charge in [-0.3, -0.25) is 4.79 Å². The molecule has 0 radical (unpaired) electrons. The van der Waals surface area contributed by atoms with Gasteiger partial charge in [0.1, 0.15) is 5.82 Å². The third-order valence-electron chi connectivity index (χ3n) is 4.20. The highest BCUT2D eigenvalue weighted by Gasteiger charge is 2.15. The normalized spacial score (nSPS) is 10.5. The number of hydrogen-bond acceptors (Lipinski definition) is 4. The van der Waals surface area contributed by atoms with Gasteiger partial charge in [-0.2, -0.15) is 0 Å². The molecule has 1 amide bonds. The van der Waals surface area contributed by atoms with Gasteiger partial charge in [-0.1, -0.05) is 11.6 Å². The fourth-order valence-corrected chi connectivity index (χ4v) is 2.87. The molecule has 5 nitrogen and oxygen atoms in total. The van der Waals surface area contributed by atoms with Crippen LogP contribution in [0, 0.1) is 19.7 Å². The van der Waals surface area contributed by atoms with E-state index in [-0.39, 0.29) is 11.7 Å². The van der Waals surface area contributed by atoms with Crippen LogP contribution >= 0.6 is 11.6 Å². The summed E-state index contributed by atoms with van der Waals surface area (Å²) < 4.78 is 18.4. The Kier molecular flexibility index (Phi) is 5.80. The van der Waals surface area contributed by atoms with E-state index >= 15 is 0 Å². The van der Waals surface area contributed by atoms with E-state index in [2.05, 4.69) is 15.6 Å². The van der Waals surface area contributed by atoms with Gasteiger partial charge in [0.2, 0.25) is 5.88 Å². The van der Waals surface area contributed by atoms with E-state index in [0.717, 1.165) is 5.56 Å². The van der Waals surface area contributed by atoms with Crippen molar-refractivity contribution in [1.82, 2.24) is 4.98 Å². The number of benzene rings is 2. The van der Waals surface area contributed by atoms with Crippen LogP contribution in [0.4, 0.5) is 21.5 Å². The molecule has 1 heterocycles. The summed E-state index contributed by atoms with van der Waals surface area (Å²) in [6.45, 7) is 3.56. The lowest BCUT2D eigenvalue weighted by Crippen LogP contribution is -2.15. The summed E-state index contributed by atoms with van der Waals surface area (Å²) in [6.07, 6.45) is 0. The zero-order chi connectivity index (χ0) is 20.3. The van der Waals surface area contributed by atoms with Crippen LogP contribution < -0.4 is 15.4 Å². The number of ether oxygens (including phenoxy) is 1. The Balaban J connectivity index is 1.90. The largest absolute Gasteiger partial charge is 0.481 e. The SMILES string of the molecule is COc1ccc(NC(=O)c2cc(Cl)ccc2Nc2ccc(F)cc2C)c(C)n1. The predicted octanol–water partition coefficient (Wildman–Crippen LogP) is 5.50. The Morgan fingerprint density at radius 1 is 1.04 bits per heavy atom. The van der Waals surface area contributed by atoms with Crippen molar-refractivity contribution in [1.29, 1.82) is 0 Å². The maximum Gasteiger partial charge on any atom is 0.257 e. The van der Waals surface area contributed by atoms with Crippen LogP contribution in [0.1, 0.15) is 21.6 Å². The number of nitrogens with one attached hydrogen (secondary N) is 2. The second-order valence-electron chi connectivity index (χ2n) is 6.21. The Hall–Kier alpha value is -3.12. The molecule has 28 heavy (non-hydrogen) atoms. The van der Waals surface area contributed by atoms with E-state index in [4.69, 9.17) is 16.3 Å². The predicted molar refractivity (Wildman–Crippen MR) is 109 cm³/mol. The topological polar surface area (TPSA) is 63.2 Å². The van der Waals surface area contributed by atoms with Crippen LogP contribution in [0.3, 0.4) is 0 Å². The van der Waals surface area contributed by atoms with Crippen LogP contribution in [0.15, 0.2) is 48.5 Å². The van der Waals surface area contributed by atoms with Crippen LogP contribution in [-0.2, 0) is 0 Å². The maximum atomic E-state index is 13.4. The van der Waals surface area contributed by atoms with Gasteiger partial charge in [0.15, 0.2) is 0 Å². The average molecular weight is 400 g/mol. The quantitative estimate of drug-likeness (QED) is 0.595. The van der Waals surface area contributed by atoms with Gasteiger partial charge >= 0.3 is 0 Å². The fraction of sp³-hybridized carbons (Fsp3) is 0.143.